The van der Waals surface area contributed by atoms with Crippen LogP contribution in [0.2, 0.25) is 0 Å². The Kier molecular flexibility index (Phi) is 6.74. The molecule has 2 aromatic carbocycles. The fourth-order valence-corrected chi connectivity index (χ4v) is 4.46. The molecule has 1 amide bonds. The fourth-order valence-electron chi connectivity index (χ4n) is 3.19. The van der Waals surface area contributed by atoms with E-state index in [4.69, 9.17) is 5.73 Å². The number of rotatable bonds is 7. The summed E-state index contributed by atoms with van der Waals surface area (Å²) < 4.78 is 65.7. The molecule has 176 valence electrons. The summed E-state index contributed by atoms with van der Waals surface area (Å²) in [5.74, 6) is -0.591. The predicted molar refractivity (Wildman–Crippen MR) is 112 cm³/mol. The molecule has 0 bridgehead atoms. The topological polar surface area (TPSA) is 127 Å². The van der Waals surface area contributed by atoms with Gasteiger partial charge >= 0.3 is 6.18 Å². The highest BCUT2D eigenvalue weighted by molar-refractivity contribution is 7.89. The van der Waals surface area contributed by atoms with Crippen LogP contribution in [0.1, 0.15) is 17.5 Å². The number of hydrogen-bond acceptors (Lipinski definition) is 6. The lowest BCUT2D eigenvalue weighted by molar-refractivity contribution is -0.384. The fraction of sp³-hybridized carbons (Fsp3) is 0.250. The number of hydrogen-bond donors (Lipinski definition) is 1. The van der Waals surface area contributed by atoms with E-state index in [0.717, 1.165) is 59.0 Å². The van der Waals surface area contributed by atoms with Crippen LogP contribution in [0.25, 0.3) is 5.70 Å². The molecule has 0 aliphatic carbocycles. The van der Waals surface area contributed by atoms with Gasteiger partial charge < -0.3 is 10.6 Å². The van der Waals surface area contributed by atoms with Crippen LogP contribution in [-0.2, 0) is 21.0 Å². The van der Waals surface area contributed by atoms with Crippen molar-refractivity contribution in [2.45, 2.75) is 17.5 Å². The van der Waals surface area contributed by atoms with Gasteiger partial charge in [-0.15, -0.1) is 0 Å². The van der Waals surface area contributed by atoms with Crippen molar-refractivity contribution in [2.24, 2.45) is 5.73 Å². The van der Waals surface area contributed by atoms with E-state index in [1.807, 2.05) is 0 Å². The molecular weight excluding hydrogens is 465 g/mol. The minimum absolute atomic E-state index is 0.0962. The highest BCUT2D eigenvalue weighted by Gasteiger charge is 2.34. The van der Waals surface area contributed by atoms with Gasteiger partial charge in [0.05, 0.1) is 21.1 Å². The third kappa shape index (κ3) is 5.14. The molecule has 13 heteroatoms. The van der Waals surface area contributed by atoms with Crippen molar-refractivity contribution < 1.29 is 31.3 Å². The Labute approximate surface area is 187 Å². The second-order valence-corrected chi connectivity index (χ2v) is 8.97. The summed E-state index contributed by atoms with van der Waals surface area (Å²) >= 11 is 0. The molecule has 9 nitrogen and oxygen atoms in total. The highest BCUT2D eigenvalue weighted by Crippen LogP contribution is 2.32. The van der Waals surface area contributed by atoms with Crippen LogP contribution in [-0.4, -0.2) is 48.1 Å². The first-order valence-electron chi connectivity index (χ1n) is 9.61. The SMILES string of the molecule is NCCCN1C(=O)CN(S(=O)(=O)c2ccc([N+](=O)[O-])cc2)C=C1c1ccc(C(F)(F)F)cc1. The van der Waals surface area contributed by atoms with Gasteiger partial charge in [0.25, 0.3) is 15.7 Å². The second kappa shape index (κ2) is 9.19. The van der Waals surface area contributed by atoms with Gasteiger partial charge in [-0.05, 0) is 42.8 Å². The van der Waals surface area contributed by atoms with Crippen molar-refractivity contribution in [1.29, 1.82) is 0 Å². The summed E-state index contributed by atoms with van der Waals surface area (Å²) in [4.78, 5) is 23.9. The van der Waals surface area contributed by atoms with E-state index in [2.05, 4.69) is 0 Å². The summed E-state index contributed by atoms with van der Waals surface area (Å²) in [6.45, 7) is -0.156. The molecule has 0 saturated carbocycles. The molecule has 0 unspecified atom stereocenters. The quantitative estimate of drug-likeness (QED) is 0.476. The first-order valence-corrected chi connectivity index (χ1v) is 11.1. The van der Waals surface area contributed by atoms with E-state index in [1.54, 1.807) is 0 Å². The van der Waals surface area contributed by atoms with Crippen molar-refractivity contribution in [3.05, 3.63) is 76.0 Å². The maximum atomic E-state index is 13.1. The van der Waals surface area contributed by atoms with Crippen LogP contribution in [0.4, 0.5) is 18.9 Å². The smallest absolute Gasteiger partial charge is 0.330 e. The first-order chi connectivity index (χ1) is 15.4. The van der Waals surface area contributed by atoms with Crippen LogP contribution in [0.15, 0.2) is 59.6 Å². The van der Waals surface area contributed by atoms with Gasteiger partial charge in [-0.1, -0.05) is 12.1 Å². The van der Waals surface area contributed by atoms with Crippen LogP contribution in [0.5, 0.6) is 0 Å². The van der Waals surface area contributed by atoms with Crippen LogP contribution in [0, 0.1) is 10.1 Å². The van der Waals surface area contributed by atoms with Crippen molar-refractivity contribution in [3.63, 3.8) is 0 Å². The van der Waals surface area contributed by atoms with Gasteiger partial charge in [-0.2, -0.15) is 13.2 Å². The van der Waals surface area contributed by atoms with Crippen LogP contribution in [0.3, 0.4) is 0 Å². The third-order valence-electron chi connectivity index (χ3n) is 4.90. The van der Waals surface area contributed by atoms with Gasteiger partial charge in [-0.25, -0.2) is 8.42 Å². The second-order valence-electron chi connectivity index (χ2n) is 7.08. The molecule has 0 aromatic heterocycles. The van der Waals surface area contributed by atoms with E-state index < -0.39 is 39.1 Å². The molecular formula is C20H19F3N4O5S. The number of nitro benzene ring substituents is 1. The molecule has 3 rings (SSSR count). The summed E-state index contributed by atoms with van der Waals surface area (Å²) in [6, 6.07) is 8.12. The number of nitro groups is 1. The van der Waals surface area contributed by atoms with E-state index in [0.29, 0.717) is 6.42 Å². The number of carbonyl (C=O) groups is 1. The average molecular weight is 484 g/mol. The molecule has 1 aliphatic rings. The number of non-ortho nitro benzene ring substituents is 1. The van der Waals surface area contributed by atoms with Gasteiger partial charge in [0.1, 0.15) is 6.54 Å². The van der Waals surface area contributed by atoms with Gasteiger partial charge in [-0.3, -0.25) is 19.2 Å². The van der Waals surface area contributed by atoms with Crippen molar-refractivity contribution in [3.8, 4) is 0 Å². The van der Waals surface area contributed by atoms with E-state index in [-0.39, 0.29) is 34.9 Å². The monoisotopic (exact) mass is 484 g/mol. The maximum Gasteiger partial charge on any atom is 0.416 e. The zero-order valence-corrected chi connectivity index (χ0v) is 17.8. The maximum absolute atomic E-state index is 13.1. The number of halogens is 3. The highest BCUT2D eigenvalue weighted by atomic mass is 32.2. The minimum atomic E-state index is -4.56. The lowest BCUT2D eigenvalue weighted by Gasteiger charge is -2.34. The van der Waals surface area contributed by atoms with Crippen LogP contribution >= 0.6 is 0 Å². The number of alkyl halides is 3. The van der Waals surface area contributed by atoms with Crippen molar-refractivity contribution in [1.82, 2.24) is 9.21 Å². The Morgan fingerprint density at radius 2 is 1.67 bits per heavy atom. The predicted octanol–water partition coefficient (Wildman–Crippen LogP) is 2.79. The van der Waals surface area contributed by atoms with Crippen molar-refractivity contribution >= 4 is 27.3 Å². The molecule has 0 saturated heterocycles. The largest absolute Gasteiger partial charge is 0.416 e. The lowest BCUT2D eigenvalue weighted by atomic mass is 10.1. The lowest BCUT2D eigenvalue weighted by Crippen LogP contribution is -2.45. The number of nitrogens with two attached hydrogens (primary N) is 1. The normalized spacial score (nSPS) is 14.9. The molecule has 0 fully saturated rings. The third-order valence-corrected chi connectivity index (χ3v) is 6.62. The number of nitrogens with zero attached hydrogens (tertiary/aromatic N) is 3. The molecule has 0 spiro atoms. The molecule has 33 heavy (non-hydrogen) atoms. The Balaban J connectivity index is 2.04. The standard InChI is InChI=1S/C20H19F3N4O5S/c21-20(22,23)15-4-2-14(3-5-15)18-12-25(13-19(28)26(18)11-1-10-24)33(31,32)17-8-6-16(7-9-17)27(29)30/h2-9,12H,1,10-11,13,24H2. The van der Waals surface area contributed by atoms with Crippen LogP contribution < -0.4 is 5.73 Å². The summed E-state index contributed by atoms with van der Waals surface area (Å²) in [6.07, 6.45) is -3.00. The summed E-state index contributed by atoms with van der Waals surface area (Å²) in [7, 11) is -4.27. The molecule has 0 radical (unpaired) electrons. The average Bonchev–Trinajstić information content (AvgIpc) is 2.77. The zero-order valence-electron chi connectivity index (χ0n) is 17.0. The minimum Gasteiger partial charge on any atom is -0.330 e. The summed E-state index contributed by atoms with van der Waals surface area (Å²) in [5, 5.41) is 10.8. The van der Waals surface area contributed by atoms with Gasteiger partial charge in [0, 0.05) is 24.9 Å². The number of amides is 1. The zero-order chi connectivity index (χ0) is 24.4. The molecule has 2 N–H and O–H groups in total. The van der Waals surface area contributed by atoms with Crippen molar-refractivity contribution in [2.75, 3.05) is 19.6 Å². The molecule has 1 aliphatic heterocycles. The first kappa shape index (κ1) is 24.2. The number of carbonyl (C=O) groups excluding carboxylic acids is 1. The van der Waals surface area contributed by atoms with Gasteiger partial charge in [0.2, 0.25) is 5.91 Å². The Hall–Kier alpha value is -3.45. The number of benzene rings is 2. The summed E-state index contributed by atoms with van der Waals surface area (Å²) in [5.41, 5.74) is 4.62. The Morgan fingerprint density at radius 3 is 2.18 bits per heavy atom. The number of sulfonamides is 1. The van der Waals surface area contributed by atoms with E-state index in [1.165, 1.54) is 4.90 Å². The molecule has 2 aromatic rings. The van der Waals surface area contributed by atoms with E-state index >= 15 is 0 Å². The Morgan fingerprint density at radius 1 is 1.06 bits per heavy atom. The van der Waals surface area contributed by atoms with Gasteiger partial charge in [0.15, 0.2) is 0 Å². The van der Waals surface area contributed by atoms with E-state index in [9.17, 15) is 36.5 Å². The Bertz CT molecular complexity index is 1180. The molecule has 0 atom stereocenters. The molecule has 1 heterocycles.